The lowest BCUT2D eigenvalue weighted by Gasteiger charge is -2.18. The molecule has 0 aliphatic heterocycles. The highest BCUT2D eigenvalue weighted by Crippen LogP contribution is 2.18. The third-order valence-electron chi connectivity index (χ3n) is 3.67. The maximum Gasteiger partial charge on any atom is 0.319 e. The van der Waals surface area contributed by atoms with E-state index in [1.54, 1.807) is 24.3 Å². The molecule has 0 radical (unpaired) electrons. The number of carbonyl (C=O) groups is 2. The smallest absolute Gasteiger partial charge is 0.319 e. The zero-order valence-electron chi connectivity index (χ0n) is 13.8. The van der Waals surface area contributed by atoms with E-state index >= 15 is 0 Å². The molecule has 2 amide bonds. The van der Waals surface area contributed by atoms with Crippen LogP contribution in [0.3, 0.4) is 0 Å². The van der Waals surface area contributed by atoms with Crippen molar-refractivity contribution in [1.29, 1.82) is 0 Å². The fraction of sp³-hybridized carbons (Fsp3) is 0.263. The molecule has 2 rings (SSSR count). The lowest BCUT2D eigenvalue weighted by Crippen LogP contribution is -2.37. The molecule has 24 heavy (non-hydrogen) atoms. The third kappa shape index (κ3) is 5.21. The molecule has 5 nitrogen and oxygen atoms in total. The molecule has 0 aromatic heterocycles. The van der Waals surface area contributed by atoms with Gasteiger partial charge in [0.2, 0.25) is 0 Å². The number of urea groups is 1. The second kappa shape index (κ2) is 8.26. The summed E-state index contributed by atoms with van der Waals surface area (Å²) in [7, 11) is 0. The van der Waals surface area contributed by atoms with Crippen molar-refractivity contribution in [3.05, 3.63) is 65.7 Å². The van der Waals surface area contributed by atoms with E-state index in [0.29, 0.717) is 17.7 Å². The summed E-state index contributed by atoms with van der Waals surface area (Å²) in [5, 5.41) is 15.7. The number of anilines is 1. The normalized spacial score (nSPS) is 13.0. The van der Waals surface area contributed by atoms with Crippen LogP contribution in [0.5, 0.6) is 0 Å². The van der Waals surface area contributed by atoms with Crippen molar-refractivity contribution in [1.82, 2.24) is 5.32 Å². The van der Waals surface area contributed by atoms with Gasteiger partial charge in [0.15, 0.2) is 5.78 Å². The van der Waals surface area contributed by atoms with Crippen molar-refractivity contribution in [2.75, 3.05) is 5.32 Å². The molecule has 2 aromatic carbocycles. The second-order valence-corrected chi connectivity index (χ2v) is 5.80. The van der Waals surface area contributed by atoms with Gasteiger partial charge in [-0.3, -0.25) is 4.79 Å². The zero-order chi connectivity index (χ0) is 17.5. The Morgan fingerprint density at radius 2 is 1.79 bits per heavy atom. The number of Topliss-reactive ketones (excluding diaryl/α,β-unsaturated/α-hetero) is 1. The Hall–Kier alpha value is -2.66. The van der Waals surface area contributed by atoms with Crippen molar-refractivity contribution in [2.24, 2.45) is 0 Å². The first kappa shape index (κ1) is 17.7. The number of hydrogen-bond donors (Lipinski definition) is 3. The summed E-state index contributed by atoms with van der Waals surface area (Å²) in [6.07, 6.45) is -0.229. The van der Waals surface area contributed by atoms with Crippen LogP contribution in [0, 0.1) is 0 Å². The molecule has 0 aliphatic carbocycles. The van der Waals surface area contributed by atoms with Gasteiger partial charge in [0.05, 0.1) is 6.10 Å². The van der Waals surface area contributed by atoms with Crippen LogP contribution in [0.1, 0.15) is 42.3 Å². The quantitative estimate of drug-likeness (QED) is 0.711. The molecule has 5 heteroatoms. The van der Waals surface area contributed by atoms with Gasteiger partial charge in [-0.2, -0.15) is 0 Å². The Balaban J connectivity index is 1.87. The fourth-order valence-electron chi connectivity index (χ4n) is 2.41. The van der Waals surface area contributed by atoms with E-state index in [0.717, 1.165) is 5.56 Å². The lowest BCUT2D eigenvalue weighted by atomic mass is 10.0. The first-order valence-corrected chi connectivity index (χ1v) is 7.87. The number of ketones is 1. The van der Waals surface area contributed by atoms with Gasteiger partial charge in [0.1, 0.15) is 0 Å². The van der Waals surface area contributed by atoms with Gasteiger partial charge in [-0.15, -0.1) is 0 Å². The van der Waals surface area contributed by atoms with Crippen LogP contribution < -0.4 is 10.6 Å². The molecule has 0 fully saturated rings. The average Bonchev–Trinajstić information content (AvgIpc) is 2.55. The molecule has 0 spiro atoms. The topological polar surface area (TPSA) is 78.4 Å². The average molecular weight is 326 g/mol. The van der Waals surface area contributed by atoms with E-state index in [1.807, 2.05) is 37.3 Å². The Bertz CT molecular complexity index is 701. The SMILES string of the molecule is CC(=O)c1cccc(NC(=O)NC(C)CC(O)c2ccccc2)c1. The van der Waals surface area contributed by atoms with Crippen LogP contribution >= 0.6 is 0 Å². The van der Waals surface area contributed by atoms with Crippen molar-refractivity contribution < 1.29 is 14.7 Å². The molecule has 0 heterocycles. The summed E-state index contributed by atoms with van der Waals surface area (Å²) in [5.41, 5.74) is 1.91. The number of nitrogens with one attached hydrogen (secondary N) is 2. The van der Waals surface area contributed by atoms with Crippen molar-refractivity contribution >= 4 is 17.5 Å². The minimum Gasteiger partial charge on any atom is -0.388 e. The zero-order valence-corrected chi connectivity index (χ0v) is 13.8. The van der Waals surface area contributed by atoms with Crippen LogP contribution in [0.15, 0.2) is 54.6 Å². The lowest BCUT2D eigenvalue weighted by molar-refractivity contribution is 0.101. The summed E-state index contributed by atoms with van der Waals surface area (Å²) < 4.78 is 0. The van der Waals surface area contributed by atoms with Crippen molar-refractivity contribution in [2.45, 2.75) is 32.4 Å². The molecule has 2 unspecified atom stereocenters. The van der Waals surface area contributed by atoms with Gasteiger partial charge in [-0.25, -0.2) is 4.79 Å². The predicted molar refractivity (Wildman–Crippen MR) is 94.1 cm³/mol. The summed E-state index contributed by atoms with van der Waals surface area (Å²) in [4.78, 5) is 23.4. The molecule has 126 valence electrons. The molecule has 2 aromatic rings. The maximum absolute atomic E-state index is 12.0. The summed E-state index contributed by atoms with van der Waals surface area (Å²) in [6.45, 7) is 3.31. The van der Waals surface area contributed by atoms with E-state index in [-0.39, 0.29) is 17.9 Å². The summed E-state index contributed by atoms with van der Waals surface area (Å²) in [6, 6.07) is 15.5. The van der Waals surface area contributed by atoms with Gasteiger partial charge in [-0.05, 0) is 38.0 Å². The van der Waals surface area contributed by atoms with E-state index in [4.69, 9.17) is 0 Å². The largest absolute Gasteiger partial charge is 0.388 e. The van der Waals surface area contributed by atoms with Gasteiger partial charge in [0.25, 0.3) is 0 Å². The Labute approximate surface area is 141 Å². The third-order valence-corrected chi connectivity index (χ3v) is 3.67. The minimum atomic E-state index is -0.637. The van der Waals surface area contributed by atoms with Crippen molar-refractivity contribution in [3.8, 4) is 0 Å². The van der Waals surface area contributed by atoms with Crippen LogP contribution in [0.25, 0.3) is 0 Å². The molecular formula is C19H22N2O3. The van der Waals surface area contributed by atoms with Crippen LogP contribution in [-0.4, -0.2) is 23.0 Å². The monoisotopic (exact) mass is 326 g/mol. The fourth-order valence-corrected chi connectivity index (χ4v) is 2.41. The number of benzene rings is 2. The highest BCUT2D eigenvalue weighted by atomic mass is 16.3. The van der Waals surface area contributed by atoms with Crippen LogP contribution in [0.2, 0.25) is 0 Å². The van der Waals surface area contributed by atoms with Gasteiger partial charge >= 0.3 is 6.03 Å². The van der Waals surface area contributed by atoms with Gasteiger partial charge in [-0.1, -0.05) is 42.5 Å². The van der Waals surface area contributed by atoms with E-state index in [1.165, 1.54) is 6.92 Å². The molecule has 0 aliphatic rings. The standard InChI is InChI=1S/C19H22N2O3/c1-13(11-18(23)15-7-4-3-5-8-15)20-19(24)21-17-10-6-9-16(12-17)14(2)22/h3-10,12-13,18,23H,11H2,1-2H3,(H2,20,21,24). The molecule has 0 saturated carbocycles. The Morgan fingerprint density at radius 1 is 1.08 bits per heavy atom. The molecular weight excluding hydrogens is 304 g/mol. The number of amides is 2. The summed E-state index contributed by atoms with van der Waals surface area (Å²) in [5.74, 6) is -0.0570. The molecule has 0 bridgehead atoms. The second-order valence-electron chi connectivity index (χ2n) is 5.80. The van der Waals surface area contributed by atoms with E-state index in [9.17, 15) is 14.7 Å². The molecule has 2 atom stereocenters. The molecule has 3 N–H and O–H groups in total. The first-order chi connectivity index (χ1) is 11.5. The number of aliphatic hydroxyl groups excluding tert-OH is 1. The summed E-state index contributed by atoms with van der Waals surface area (Å²) >= 11 is 0. The first-order valence-electron chi connectivity index (χ1n) is 7.87. The number of hydrogen-bond acceptors (Lipinski definition) is 3. The predicted octanol–water partition coefficient (Wildman–Crippen LogP) is 3.52. The van der Waals surface area contributed by atoms with Gasteiger partial charge < -0.3 is 15.7 Å². The van der Waals surface area contributed by atoms with E-state index < -0.39 is 6.10 Å². The van der Waals surface area contributed by atoms with E-state index in [2.05, 4.69) is 10.6 Å². The van der Waals surface area contributed by atoms with Gasteiger partial charge in [0, 0.05) is 17.3 Å². The van der Waals surface area contributed by atoms with Crippen molar-refractivity contribution in [3.63, 3.8) is 0 Å². The highest BCUT2D eigenvalue weighted by molar-refractivity contribution is 5.96. The number of carbonyl (C=O) groups excluding carboxylic acids is 2. The number of rotatable bonds is 6. The molecule has 0 saturated heterocycles. The maximum atomic E-state index is 12.0. The Morgan fingerprint density at radius 3 is 2.46 bits per heavy atom. The minimum absolute atomic E-state index is 0.0570. The number of aliphatic hydroxyl groups is 1. The highest BCUT2D eigenvalue weighted by Gasteiger charge is 2.14. The van der Waals surface area contributed by atoms with Crippen LogP contribution in [-0.2, 0) is 0 Å². The van der Waals surface area contributed by atoms with Crippen LogP contribution in [0.4, 0.5) is 10.5 Å². The Kier molecular flexibility index (Phi) is 6.09.